The molecule has 1 aromatic carbocycles. The molecule has 2 aliphatic heterocycles. The lowest BCUT2D eigenvalue weighted by Gasteiger charge is -2.16. The second-order valence-electron chi connectivity index (χ2n) is 4.46. The first-order valence-corrected chi connectivity index (χ1v) is 5.98. The molecule has 2 aliphatic rings. The van der Waals surface area contributed by atoms with Gasteiger partial charge in [0.25, 0.3) is 0 Å². The molecule has 3 rings (SSSR count). The van der Waals surface area contributed by atoms with E-state index in [0.717, 1.165) is 6.42 Å². The van der Waals surface area contributed by atoms with Gasteiger partial charge in [-0.2, -0.15) is 0 Å². The Morgan fingerprint density at radius 1 is 1.33 bits per heavy atom. The summed E-state index contributed by atoms with van der Waals surface area (Å²) in [5, 5.41) is 9.58. The fourth-order valence-electron chi connectivity index (χ4n) is 2.38. The summed E-state index contributed by atoms with van der Waals surface area (Å²) in [5.41, 5.74) is 0.166. The van der Waals surface area contributed by atoms with Gasteiger partial charge in [-0.3, -0.25) is 0 Å². The molecule has 0 saturated carbocycles. The number of hydrogen-bond acceptors (Lipinski definition) is 5. The quantitative estimate of drug-likeness (QED) is 0.796. The maximum absolute atomic E-state index is 11.9. The number of phenols is 1. The van der Waals surface area contributed by atoms with Gasteiger partial charge in [-0.25, -0.2) is 4.79 Å². The summed E-state index contributed by atoms with van der Waals surface area (Å²) in [5.74, 6) is -0.622. The van der Waals surface area contributed by atoms with Crippen molar-refractivity contribution in [3.63, 3.8) is 0 Å². The van der Waals surface area contributed by atoms with Crippen LogP contribution < -0.4 is 0 Å². The van der Waals surface area contributed by atoms with Gasteiger partial charge in [0.1, 0.15) is 17.4 Å². The van der Waals surface area contributed by atoms with E-state index in [2.05, 4.69) is 0 Å². The standard InChI is InChI=1S/C13H14O5/c14-9-4-2-1-3-8(9)13(15)18-11-7-17-10-5-6-16-12(10)11/h1-4,10-12,14H,5-7H2/t10-,11+,12+/m1/s1. The summed E-state index contributed by atoms with van der Waals surface area (Å²) >= 11 is 0. The molecule has 0 radical (unpaired) electrons. The Bertz CT molecular complexity index is 458. The summed E-state index contributed by atoms with van der Waals surface area (Å²) in [6.07, 6.45) is 0.326. The van der Waals surface area contributed by atoms with Crippen molar-refractivity contribution in [2.75, 3.05) is 13.2 Å². The number of fused-ring (bicyclic) bond motifs is 1. The Morgan fingerprint density at radius 2 is 2.17 bits per heavy atom. The largest absolute Gasteiger partial charge is 0.507 e. The van der Waals surface area contributed by atoms with E-state index < -0.39 is 5.97 Å². The molecular formula is C13H14O5. The zero-order valence-electron chi connectivity index (χ0n) is 9.74. The zero-order valence-corrected chi connectivity index (χ0v) is 9.74. The van der Waals surface area contributed by atoms with E-state index in [1.165, 1.54) is 12.1 Å². The van der Waals surface area contributed by atoms with E-state index in [0.29, 0.717) is 13.2 Å². The van der Waals surface area contributed by atoms with Crippen molar-refractivity contribution in [1.29, 1.82) is 0 Å². The lowest BCUT2D eigenvalue weighted by Crippen LogP contribution is -2.32. The smallest absolute Gasteiger partial charge is 0.342 e. The molecule has 1 N–H and O–H groups in total. The van der Waals surface area contributed by atoms with E-state index in [9.17, 15) is 9.90 Å². The van der Waals surface area contributed by atoms with Crippen LogP contribution in [0.1, 0.15) is 16.8 Å². The Labute approximate surface area is 104 Å². The van der Waals surface area contributed by atoms with Crippen LogP contribution in [-0.2, 0) is 14.2 Å². The molecule has 18 heavy (non-hydrogen) atoms. The van der Waals surface area contributed by atoms with Gasteiger partial charge >= 0.3 is 5.97 Å². The highest BCUT2D eigenvalue weighted by Crippen LogP contribution is 2.29. The summed E-state index contributed by atoms with van der Waals surface area (Å²) in [7, 11) is 0. The van der Waals surface area contributed by atoms with Gasteiger partial charge < -0.3 is 19.3 Å². The number of carbonyl (C=O) groups is 1. The van der Waals surface area contributed by atoms with Crippen LogP contribution in [0.2, 0.25) is 0 Å². The molecular weight excluding hydrogens is 236 g/mol. The number of aromatic hydroxyl groups is 1. The van der Waals surface area contributed by atoms with Crippen LogP contribution in [0.3, 0.4) is 0 Å². The molecule has 0 unspecified atom stereocenters. The van der Waals surface area contributed by atoms with Gasteiger partial charge in [-0.15, -0.1) is 0 Å². The molecule has 96 valence electrons. The summed E-state index contributed by atoms with van der Waals surface area (Å²) in [6, 6.07) is 6.31. The van der Waals surface area contributed by atoms with Crippen LogP contribution in [0.5, 0.6) is 5.75 Å². The van der Waals surface area contributed by atoms with E-state index >= 15 is 0 Å². The first-order valence-electron chi connectivity index (χ1n) is 5.98. The van der Waals surface area contributed by atoms with Gasteiger partial charge in [-0.05, 0) is 18.6 Å². The minimum atomic E-state index is -0.544. The molecule has 0 aromatic heterocycles. The molecule has 0 spiro atoms. The molecule has 2 fully saturated rings. The van der Waals surface area contributed by atoms with Gasteiger partial charge in [-0.1, -0.05) is 12.1 Å². The molecule has 3 atom stereocenters. The SMILES string of the molecule is O=C(O[C@H]1CO[C@@H]2CCO[C@H]12)c1ccccc1O. The number of rotatable bonds is 2. The monoisotopic (exact) mass is 250 g/mol. The normalized spacial score (nSPS) is 30.1. The van der Waals surface area contributed by atoms with Crippen molar-refractivity contribution >= 4 is 5.97 Å². The van der Waals surface area contributed by atoms with E-state index in [1.54, 1.807) is 12.1 Å². The van der Waals surface area contributed by atoms with Crippen LogP contribution in [0.15, 0.2) is 24.3 Å². The number of para-hydroxylation sites is 1. The van der Waals surface area contributed by atoms with Crippen molar-refractivity contribution in [3.05, 3.63) is 29.8 Å². The van der Waals surface area contributed by atoms with Crippen molar-refractivity contribution in [2.45, 2.75) is 24.7 Å². The third-order valence-corrected chi connectivity index (χ3v) is 3.30. The van der Waals surface area contributed by atoms with Gasteiger partial charge in [0, 0.05) is 6.61 Å². The predicted molar refractivity (Wildman–Crippen MR) is 61.4 cm³/mol. The Morgan fingerprint density at radius 3 is 3.00 bits per heavy atom. The average molecular weight is 250 g/mol. The number of esters is 1. The molecule has 2 saturated heterocycles. The second kappa shape index (κ2) is 4.59. The minimum Gasteiger partial charge on any atom is -0.507 e. The molecule has 2 heterocycles. The topological polar surface area (TPSA) is 65.0 Å². The maximum Gasteiger partial charge on any atom is 0.342 e. The first-order chi connectivity index (χ1) is 8.75. The average Bonchev–Trinajstić information content (AvgIpc) is 2.94. The molecule has 1 aromatic rings. The molecule has 0 aliphatic carbocycles. The van der Waals surface area contributed by atoms with Gasteiger partial charge in [0.05, 0.1) is 12.7 Å². The summed E-state index contributed by atoms with van der Waals surface area (Å²) < 4.78 is 16.3. The van der Waals surface area contributed by atoms with E-state index in [4.69, 9.17) is 14.2 Å². The lowest BCUT2D eigenvalue weighted by molar-refractivity contribution is -0.0149. The van der Waals surface area contributed by atoms with Crippen LogP contribution in [0.4, 0.5) is 0 Å². The van der Waals surface area contributed by atoms with Crippen LogP contribution >= 0.6 is 0 Å². The Hall–Kier alpha value is -1.59. The Kier molecular flexibility index (Phi) is 2.93. The number of carbonyl (C=O) groups excluding carboxylic acids is 1. The second-order valence-corrected chi connectivity index (χ2v) is 4.46. The fourth-order valence-corrected chi connectivity index (χ4v) is 2.38. The number of benzene rings is 1. The Balaban J connectivity index is 1.70. The third-order valence-electron chi connectivity index (χ3n) is 3.30. The summed E-state index contributed by atoms with van der Waals surface area (Å²) in [4.78, 5) is 11.9. The van der Waals surface area contributed by atoms with Crippen LogP contribution in [0, 0.1) is 0 Å². The molecule has 5 nitrogen and oxygen atoms in total. The third kappa shape index (κ3) is 1.95. The number of hydrogen-bond donors (Lipinski definition) is 1. The number of phenolic OH excluding ortho intramolecular Hbond substituents is 1. The van der Waals surface area contributed by atoms with Crippen molar-refractivity contribution < 1.29 is 24.1 Å². The highest BCUT2D eigenvalue weighted by molar-refractivity contribution is 5.92. The molecule has 0 amide bonds. The molecule has 5 heteroatoms. The van der Waals surface area contributed by atoms with E-state index in [-0.39, 0.29) is 29.6 Å². The zero-order chi connectivity index (χ0) is 12.5. The van der Waals surface area contributed by atoms with Crippen LogP contribution in [-0.4, -0.2) is 42.6 Å². The van der Waals surface area contributed by atoms with Crippen molar-refractivity contribution in [3.8, 4) is 5.75 Å². The van der Waals surface area contributed by atoms with Crippen LogP contribution in [0.25, 0.3) is 0 Å². The van der Waals surface area contributed by atoms with Crippen molar-refractivity contribution in [1.82, 2.24) is 0 Å². The van der Waals surface area contributed by atoms with Crippen molar-refractivity contribution in [2.24, 2.45) is 0 Å². The number of ether oxygens (including phenoxy) is 3. The fraction of sp³-hybridized carbons (Fsp3) is 0.462. The van der Waals surface area contributed by atoms with E-state index in [1.807, 2.05) is 0 Å². The highest BCUT2D eigenvalue weighted by atomic mass is 16.6. The van der Waals surface area contributed by atoms with Gasteiger partial charge in [0.15, 0.2) is 6.10 Å². The molecule has 0 bridgehead atoms. The van der Waals surface area contributed by atoms with Gasteiger partial charge in [0.2, 0.25) is 0 Å². The highest BCUT2D eigenvalue weighted by Gasteiger charge is 2.44. The minimum absolute atomic E-state index is 0.0344. The first kappa shape index (κ1) is 11.5. The lowest BCUT2D eigenvalue weighted by atomic mass is 10.1. The predicted octanol–water partition coefficient (Wildman–Crippen LogP) is 1.11. The summed E-state index contributed by atoms with van der Waals surface area (Å²) in [6.45, 7) is 0.995. The maximum atomic E-state index is 11.9.